The Labute approximate surface area is 124 Å². The predicted octanol–water partition coefficient (Wildman–Crippen LogP) is 1.50. The number of carbonyl (C=O) groups excluding carboxylic acids is 2. The average molecular weight is 293 g/mol. The number of amides is 2. The molecule has 1 N–H and O–H groups in total. The molecule has 116 valence electrons. The van der Waals surface area contributed by atoms with E-state index in [-0.39, 0.29) is 17.2 Å². The first kappa shape index (κ1) is 15.5. The van der Waals surface area contributed by atoms with Gasteiger partial charge in [0.1, 0.15) is 11.8 Å². The summed E-state index contributed by atoms with van der Waals surface area (Å²) in [5.74, 6) is 1.15. The van der Waals surface area contributed by atoms with E-state index in [1.807, 2.05) is 27.7 Å². The van der Waals surface area contributed by atoms with Crippen LogP contribution in [0.1, 0.15) is 45.8 Å². The molecule has 21 heavy (non-hydrogen) atoms. The van der Waals surface area contributed by atoms with Crippen LogP contribution in [0, 0.1) is 5.41 Å². The summed E-state index contributed by atoms with van der Waals surface area (Å²) in [4.78, 5) is 30.3. The number of oxazole rings is 1. The highest BCUT2D eigenvalue weighted by Gasteiger charge is 2.38. The summed E-state index contributed by atoms with van der Waals surface area (Å²) in [6.45, 7) is 8.51. The molecule has 1 aliphatic heterocycles. The van der Waals surface area contributed by atoms with Crippen LogP contribution in [0.4, 0.5) is 0 Å². The van der Waals surface area contributed by atoms with Crippen molar-refractivity contribution in [1.82, 2.24) is 15.2 Å². The second-order valence-corrected chi connectivity index (χ2v) is 6.45. The Kier molecular flexibility index (Phi) is 4.34. The van der Waals surface area contributed by atoms with Crippen molar-refractivity contribution in [2.75, 3.05) is 6.54 Å². The van der Waals surface area contributed by atoms with Crippen molar-refractivity contribution in [3.05, 3.63) is 17.8 Å². The van der Waals surface area contributed by atoms with Crippen LogP contribution in [0.5, 0.6) is 0 Å². The van der Waals surface area contributed by atoms with Crippen molar-refractivity contribution in [2.45, 2.75) is 53.1 Å². The van der Waals surface area contributed by atoms with Crippen molar-refractivity contribution in [2.24, 2.45) is 5.41 Å². The molecule has 6 nitrogen and oxygen atoms in total. The lowest BCUT2D eigenvalue weighted by atomic mass is 9.86. The number of hydrogen-bond donors (Lipinski definition) is 1. The van der Waals surface area contributed by atoms with E-state index < -0.39 is 6.04 Å². The molecule has 6 heteroatoms. The number of nitrogens with zero attached hydrogens (tertiary/aromatic N) is 2. The number of aryl methyl sites for hydroxylation is 1. The van der Waals surface area contributed by atoms with E-state index in [1.54, 1.807) is 11.1 Å². The van der Waals surface area contributed by atoms with Gasteiger partial charge >= 0.3 is 0 Å². The number of carbonyl (C=O) groups is 2. The minimum Gasteiger partial charge on any atom is -0.444 e. The highest BCUT2D eigenvalue weighted by atomic mass is 16.4. The molecule has 0 saturated carbocycles. The summed E-state index contributed by atoms with van der Waals surface area (Å²) >= 11 is 0. The molecule has 0 bridgehead atoms. The molecule has 1 unspecified atom stereocenters. The summed E-state index contributed by atoms with van der Waals surface area (Å²) in [5, 5.41) is 2.82. The molecular weight excluding hydrogens is 270 g/mol. The molecule has 0 aromatic carbocycles. The van der Waals surface area contributed by atoms with Gasteiger partial charge in [-0.25, -0.2) is 4.98 Å². The van der Waals surface area contributed by atoms with Crippen LogP contribution < -0.4 is 5.32 Å². The Morgan fingerprint density at radius 2 is 2.14 bits per heavy atom. The molecular formula is C15H23N3O3. The maximum Gasteiger partial charge on any atom is 0.246 e. The largest absolute Gasteiger partial charge is 0.444 e. The second kappa shape index (κ2) is 5.87. The lowest BCUT2D eigenvalue weighted by molar-refractivity contribution is -0.137. The maximum atomic E-state index is 12.7. The third-order valence-corrected chi connectivity index (χ3v) is 3.61. The monoisotopic (exact) mass is 293 g/mol. The summed E-state index contributed by atoms with van der Waals surface area (Å²) < 4.78 is 5.56. The zero-order valence-electron chi connectivity index (χ0n) is 13.1. The lowest BCUT2D eigenvalue weighted by Crippen LogP contribution is -2.51. The van der Waals surface area contributed by atoms with Gasteiger partial charge < -0.3 is 14.6 Å². The van der Waals surface area contributed by atoms with Crippen molar-refractivity contribution in [3.63, 3.8) is 0 Å². The van der Waals surface area contributed by atoms with Gasteiger partial charge in [-0.1, -0.05) is 27.7 Å². The van der Waals surface area contributed by atoms with E-state index in [1.165, 1.54) is 0 Å². The number of rotatable bonds is 3. The van der Waals surface area contributed by atoms with Gasteiger partial charge in [-0.15, -0.1) is 0 Å². The average Bonchev–Trinajstić information content (AvgIpc) is 2.80. The van der Waals surface area contributed by atoms with Crippen molar-refractivity contribution in [3.8, 4) is 0 Å². The highest BCUT2D eigenvalue weighted by molar-refractivity contribution is 5.90. The smallest absolute Gasteiger partial charge is 0.246 e. The van der Waals surface area contributed by atoms with Crippen LogP contribution in [-0.4, -0.2) is 34.3 Å². The molecule has 0 aliphatic carbocycles. The first-order valence-electron chi connectivity index (χ1n) is 7.33. The zero-order chi connectivity index (χ0) is 15.6. The minimum atomic E-state index is -0.520. The molecule has 2 heterocycles. The van der Waals surface area contributed by atoms with Crippen LogP contribution >= 0.6 is 0 Å². The van der Waals surface area contributed by atoms with Crippen molar-refractivity contribution >= 4 is 11.8 Å². The molecule has 2 rings (SSSR count). The number of hydrogen-bond acceptors (Lipinski definition) is 4. The van der Waals surface area contributed by atoms with E-state index in [0.717, 1.165) is 12.2 Å². The standard InChI is InChI=1S/C15H23N3O3/c1-5-10-8-16-12(21-10)9-18-7-6-11(19)17-13(14(18)20)15(2,3)4/h8,13H,5-7,9H2,1-4H3,(H,17,19). The highest BCUT2D eigenvalue weighted by Crippen LogP contribution is 2.23. The number of nitrogens with one attached hydrogen (secondary N) is 1. The van der Waals surface area contributed by atoms with Gasteiger partial charge in [-0.05, 0) is 5.41 Å². The summed E-state index contributed by atoms with van der Waals surface area (Å²) in [6, 6.07) is -0.520. The molecule has 0 spiro atoms. The summed E-state index contributed by atoms with van der Waals surface area (Å²) in [7, 11) is 0. The molecule has 1 aliphatic rings. The molecule has 1 aromatic rings. The Morgan fingerprint density at radius 3 is 2.71 bits per heavy atom. The minimum absolute atomic E-state index is 0.0791. The van der Waals surface area contributed by atoms with Crippen LogP contribution in [0.2, 0.25) is 0 Å². The van der Waals surface area contributed by atoms with Crippen LogP contribution in [-0.2, 0) is 22.6 Å². The zero-order valence-corrected chi connectivity index (χ0v) is 13.1. The van der Waals surface area contributed by atoms with Crippen molar-refractivity contribution in [1.29, 1.82) is 0 Å². The Bertz CT molecular complexity index is 531. The normalized spacial score (nSPS) is 20.4. The van der Waals surface area contributed by atoms with Gasteiger partial charge in [0.2, 0.25) is 17.7 Å². The molecule has 1 aromatic heterocycles. The van der Waals surface area contributed by atoms with E-state index in [9.17, 15) is 9.59 Å². The van der Waals surface area contributed by atoms with E-state index in [0.29, 0.717) is 25.4 Å². The summed E-state index contributed by atoms with van der Waals surface area (Å²) in [6.07, 6.45) is 2.76. The molecule has 1 atom stereocenters. The van der Waals surface area contributed by atoms with E-state index in [2.05, 4.69) is 10.3 Å². The predicted molar refractivity (Wildman–Crippen MR) is 77.3 cm³/mol. The first-order chi connectivity index (χ1) is 9.81. The van der Waals surface area contributed by atoms with E-state index >= 15 is 0 Å². The topological polar surface area (TPSA) is 75.4 Å². The fraction of sp³-hybridized carbons (Fsp3) is 0.667. The quantitative estimate of drug-likeness (QED) is 0.916. The fourth-order valence-corrected chi connectivity index (χ4v) is 2.32. The van der Waals surface area contributed by atoms with E-state index in [4.69, 9.17) is 4.42 Å². The van der Waals surface area contributed by atoms with Gasteiger partial charge in [0.15, 0.2) is 0 Å². The SMILES string of the molecule is CCc1cnc(CN2CCC(=O)NC(C(C)(C)C)C2=O)o1. The van der Waals surface area contributed by atoms with Crippen LogP contribution in [0.25, 0.3) is 0 Å². The molecule has 1 fully saturated rings. The number of aromatic nitrogens is 1. The maximum absolute atomic E-state index is 12.7. The summed E-state index contributed by atoms with van der Waals surface area (Å²) in [5.41, 5.74) is -0.333. The molecule has 0 radical (unpaired) electrons. The Morgan fingerprint density at radius 1 is 1.43 bits per heavy atom. The second-order valence-electron chi connectivity index (χ2n) is 6.45. The van der Waals surface area contributed by atoms with Crippen LogP contribution in [0.3, 0.4) is 0 Å². The van der Waals surface area contributed by atoms with Gasteiger partial charge in [0.25, 0.3) is 0 Å². The third-order valence-electron chi connectivity index (χ3n) is 3.61. The Balaban J connectivity index is 2.17. The van der Waals surface area contributed by atoms with Gasteiger partial charge in [-0.2, -0.15) is 0 Å². The fourth-order valence-electron chi connectivity index (χ4n) is 2.32. The third kappa shape index (κ3) is 3.62. The lowest BCUT2D eigenvalue weighted by Gasteiger charge is -2.31. The Hall–Kier alpha value is -1.85. The van der Waals surface area contributed by atoms with Gasteiger partial charge in [-0.3, -0.25) is 9.59 Å². The molecule has 2 amide bonds. The molecule has 1 saturated heterocycles. The van der Waals surface area contributed by atoms with Gasteiger partial charge in [0.05, 0.1) is 12.7 Å². The first-order valence-corrected chi connectivity index (χ1v) is 7.33. The van der Waals surface area contributed by atoms with Crippen molar-refractivity contribution < 1.29 is 14.0 Å². The van der Waals surface area contributed by atoms with Gasteiger partial charge in [0, 0.05) is 19.4 Å². The van der Waals surface area contributed by atoms with Crippen LogP contribution in [0.15, 0.2) is 10.6 Å².